The first-order valence-electron chi connectivity index (χ1n) is 6.30. The number of thiophene rings is 1. The molecule has 0 radical (unpaired) electrons. The molecule has 0 saturated heterocycles. The lowest BCUT2D eigenvalue weighted by Gasteiger charge is -2.14. The van der Waals surface area contributed by atoms with Crippen molar-refractivity contribution in [3.05, 3.63) is 41.8 Å². The van der Waals surface area contributed by atoms with Gasteiger partial charge < -0.3 is 10.6 Å². The van der Waals surface area contributed by atoms with Gasteiger partial charge in [0.15, 0.2) is 0 Å². The van der Waals surface area contributed by atoms with Crippen LogP contribution in [0.5, 0.6) is 0 Å². The summed E-state index contributed by atoms with van der Waals surface area (Å²) in [6.45, 7) is 2.59. The van der Waals surface area contributed by atoms with E-state index in [4.69, 9.17) is 0 Å². The van der Waals surface area contributed by atoms with Crippen molar-refractivity contribution >= 4 is 35.3 Å². The van der Waals surface area contributed by atoms with E-state index in [0.717, 1.165) is 16.1 Å². The number of halogens is 1. The van der Waals surface area contributed by atoms with Crippen molar-refractivity contribution in [2.24, 2.45) is 5.92 Å². The lowest BCUT2D eigenvalue weighted by atomic mass is 10.1. The summed E-state index contributed by atoms with van der Waals surface area (Å²) in [4.78, 5) is 13.2. The average Bonchev–Trinajstić information content (AvgIpc) is 2.93. The van der Waals surface area contributed by atoms with E-state index in [1.807, 2.05) is 49.7 Å². The molecule has 3 nitrogen and oxygen atoms in total. The second kappa shape index (κ2) is 8.04. The van der Waals surface area contributed by atoms with E-state index in [-0.39, 0.29) is 24.2 Å². The molecule has 20 heavy (non-hydrogen) atoms. The van der Waals surface area contributed by atoms with Crippen LogP contribution in [0, 0.1) is 5.92 Å². The highest BCUT2D eigenvalue weighted by molar-refractivity contribution is 7.13. The zero-order valence-corrected chi connectivity index (χ0v) is 13.2. The lowest BCUT2D eigenvalue weighted by Crippen LogP contribution is -2.28. The predicted molar refractivity (Wildman–Crippen MR) is 88.7 cm³/mol. The van der Waals surface area contributed by atoms with Crippen LogP contribution in [0.4, 0.5) is 5.69 Å². The fraction of sp³-hybridized carbons (Fsp3) is 0.267. The lowest BCUT2D eigenvalue weighted by molar-refractivity contribution is -0.119. The Kier molecular flexibility index (Phi) is 6.71. The van der Waals surface area contributed by atoms with E-state index in [1.165, 1.54) is 0 Å². The normalized spacial score (nSPS) is 11.5. The zero-order valence-electron chi connectivity index (χ0n) is 11.6. The molecular weight excluding hydrogens is 292 g/mol. The number of carbonyl (C=O) groups excluding carboxylic acids is 1. The summed E-state index contributed by atoms with van der Waals surface area (Å²) in [5, 5.41) is 8.07. The molecule has 0 saturated carbocycles. The standard InChI is InChI=1S/C15H18N2OS.ClH/c1-11(10-16-2)15(18)17-13-7-4-3-6-12(13)14-8-5-9-19-14;/h3-9,11,16H,10H2,1-2H3,(H,17,18);1H. The predicted octanol–water partition coefficient (Wildman–Crippen LogP) is 3.63. The molecule has 1 aromatic carbocycles. The minimum atomic E-state index is -0.0543. The van der Waals surface area contributed by atoms with Gasteiger partial charge >= 0.3 is 0 Å². The van der Waals surface area contributed by atoms with Crippen molar-refractivity contribution in [1.29, 1.82) is 0 Å². The number of hydrogen-bond donors (Lipinski definition) is 2. The first kappa shape index (κ1) is 16.7. The maximum atomic E-state index is 12.1. The maximum absolute atomic E-state index is 12.1. The molecule has 2 aromatic rings. The summed E-state index contributed by atoms with van der Waals surface area (Å²) in [6, 6.07) is 12.0. The number of nitrogens with one attached hydrogen (secondary N) is 2. The number of hydrogen-bond acceptors (Lipinski definition) is 3. The highest BCUT2D eigenvalue weighted by atomic mass is 35.5. The Balaban J connectivity index is 0.00000200. The number of rotatable bonds is 5. The molecule has 2 N–H and O–H groups in total. The molecule has 2 rings (SSSR count). The van der Waals surface area contributed by atoms with Crippen LogP contribution < -0.4 is 10.6 Å². The van der Waals surface area contributed by atoms with Crippen LogP contribution in [0.1, 0.15) is 6.92 Å². The molecule has 5 heteroatoms. The number of benzene rings is 1. The number of carbonyl (C=O) groups is 1. The first-order chi connectivity index (χ1) is 9.22. The van der Waals surface area contributed by atoms with Gasteiger partial charge in [-0.25, -0.2) is 0 Å². The maximum Gasteiger partial charge on any atom is 0.228 e. The minimum absolute atomic E-state index is 0. The molecule has 108 valence electrons. The fourth-order valence-corrected chi connectivity index (χ4v) is 2.66. The largest absolute Gasteiger partial charge is 0.325 e. The fourth-order valence-electron chi connectivity index (χ4n) is 1.89. The molecule has 0 aliphatic rings. The van der Waals surface area contributed by atoms with Gasteiger partial charge in [0, 0.05) is 28.6 Å². The SMILES string of the molecule is CNCC(C)C(=O)Nc1ccccc1-c1cccs1.Cl. The molecule has 0 bridgehead atoms. The van der Waals surface area contributed by atoms with Gasteiger partial charge in [0.2, 0.25) is 5.91 Å². The van der Waals surface area contributed by atoms with Crippen molar-refractivity contribution in [2.45, 2.75) is 6.92 Å². The number of para-hydroxylation sites is 1. The third-order valence-corrected chi connectivity index (χ3v) is 3.83. The molecule has 0 spiro atoms. The Morgan fingerprint density at radius 2 is 2.00 bits per heavy atom. The molecule has 1 amide bonds. The summed E-state index contributed by atoms with van der Waals surface area (Å²) in [6.07, 6.45) is 0. The summed E-state index contributed by atoms with van der Waals surface area (Å²) >= 11 is 1.67. The van der Waals surface area contributed by atoms with Crippen LogP contribution in [0.3, 0.4) is 0 Å². The van der Waals surface area contributed by atoms with Crippen LogP contribution in [0.15, 0.2) is 41.8 Å². The smallest absolute Gasteiger partial charge is 0.228 e. The zero-order chi connectivity index (χ0) is 13.7. The highest BCUT2D eigenvalue weighted by Crippen LogP contribution is 2.31. The topological polar surface area (TPSA) is 41.1 Å². The van der Waals surface area contributed by atoms with Gasteiger partial charge in [-0.15, -0.1) is 23.7 Å². The van der Waals surface area contributed by atoms with E-state index in [1.54, 1.807) is 11.3 Å². The Bertz CT molecular complexity index is 543. The van der Waals surface area contributed by atoms with E-state index < -0.39 is 0 Å². The van der Waals surface area contributed by atoms with Crippen molar-refractivity contribution in [1.82, 2.24) is 5.32 Å². The molecule has 1 unspecified atom stereocenters. The van der Waals surface area contributed by atoms with Crippen LogP contribution in [0.2, 0.25) is 0 Å². The van der Waals surface area contributed by atoms with Gasteiger partial charge in [-0.05, 0) is 24.6 Å². The van der Waals surface area contributed by atoms with Crippen molar-refractivity contribution < 1.29 is 4.79 Å². The molecule has 0 aliphatic heterocycles. The summed E-state index contributed by atoms with van der Waals surface area (Å²) < 4.78 is 0. The summed E-state index contributed by atoms with van der Waals surface area (Å²) in [5.74, 6) is -0.0141. The monoisotopic (exact) mass is 310 g/mol. The Hall–Kier alpha value is -1.36. The van der Waals surface area contributed by atoms with Crippen LogP contribution >= 0.6 is 23.7 Å². The van der Waals surface area contributed by atoms with Gasteiger partial charge in [0.25, 0.3) is 0 Å². The van der Waals surface area contributed by atoms with Crippen LogP contribution in [0.25, 0.3) is 10.4 Å². The number of anilines is 1. The Morgan fingerprint density at radius 1 is 1.25 bits per heavy atom. The quantitative estimate of drug-likeness (QED) is 0.885. The molecule has 1 atom stereocenters. The number of amides is 1. The van der Waals surface area contributed by atoms with Crippen LogP contribution in [-0.2, 0) is 4.79 Å². The first-order valence-corrected chi connectivity index (χ1v) is 7.18. The third kappa shape index (κ3) is 4.07. The van der Waals surface area contributed by atoms with E-state index >= 15 is 0 Å². The molecule has 0 fully saturated rings. The van der Waals surface area contributed by atoms with E-state index in [9.17, 15) is 4.79 Å². The van der Waals surface area contributed by atoms with Crippen molar-refractivity contribution in [3.63, 3.8) is 0 Å². The van der Waals surface area contributed by atoms with E-state index in [2.05, 4.69) is 16.7 Å². The molecular formula is C15H19ClN2OS. The second-order valence-corrected chi connectivity index (χ2v) is 5.42. The second-order valence-electron chi connectivity index (χ2n) is 4.47. The highest BCUT2D eigenvalue weighted by Gasteiger charge is 2.14. The minimum Gasteiger partial charge on any atom is -0.325 e. The summed E-state index contributed by atoms with van der Waals surface area (Å²) in [5.41, 5.74) is 1.94. The van der Waals surface area contributed by atoms with Gasteiger partial charge in [-0.3, -0.25) is 4.79 Å². The Labute approximate surface area is 129 Å². The summed E-state index contributed by atoms with van der Waals surface area (Å²) in [7, 11) is 1.85. The van der Waals surface area contributed by atoms with Gasteiger partial charge in [0.1, 0.15) is 0 Å². The van der Waals surface area contributed by atoms with Crippen molar-refractivity contribution in [3.8, 4) is 10.4 Å². The van der Waals surface area contributed by atoms with E-state index in [0.29, 0.717) is 6.54 Å². The van der Waals surface area contributed by atoms with Gasteiger partial charge in [-0.2, -0.15) is 0 Å². The molecule has 1 heterocycles. The molecule has 1 aromatic heterocycles. The van der Waals surface area contributed by atoms with Gasteiger partial charge in [0.05, 0.1) is 0 Å². The molecule has 0 aliphatic carbocycles. The Morgan fingerprint density at radius 3 is 2.65 bits per heavy atom. The van der Waals surface area contributed by atoms with Gasteiger partial charge in [-0.1, -0.05) is 31.2 Å². The third-order valence-electron chi connectivity index (χ3n) is 2.93. The average molecular weight is 311 g/mol. The van der Waals surface area contributed by atoms with Crippen LogP contribution in [-0.4, -0.2) is 19.5 Å². The van der Waals surface area contributed by atoms with Crippen molar-refractivity contribution in [2.75, 3.05) is 18.9 Å².